The fraction of sp³-hybridized carbons (Fsp3) is 0.632. The van der Waals surface area contributed by atoms with E-state index < -0.39 is 34.1 Å². The molecule has 0 bridgehead atoms. The Labute approximate surface area is 182 Å². The lowest BCUT2D eigenvalue weighted by atomic mass is 10.1. The standard InChI is InChI=1S/C19H24F4N6O2S/c1-32(30,31)29-7-4-12(5-8-29)25-18-24-10-11-9-13(16(20)21)26-17(15(11)28-18)27-14-3-2-6-19(14,22)23/h9-10,12,14,16H,2-8H2,1H3,(H,26,27)(H,24,25,28). The van der Waals surface area contributed by atoms with Gasteiger partial charge in [-0.2, -0.15) is 0 Å². The molecule has 13 heteroatoms. The van der Waals surface area contributed by atoms with E-state index in [0.29, 0.717) is 32.4 Å². The zero-order valence-corrected chi connectivity index (χ0v) is 18.2. The molecular formula is C19H24F4N6O2S. The second kappa shape index (κ2) is 8.58. The van der Waals surface area contributed by atoms with Crippen molar-refractivity contribution in [2.75, 3.05) is 30.0 Å². The summed E-state index contributed by atoms with van der Waals surface area (Å²) in [5.41, 5.74) is -0.373. The van der Waals surface area contributed by atoms with Crippen LogP contribution in [0.25, 0.3) is 10.9 Å². The molecule has 4 rings (SSSR count). The van der Waals surface area contributed by atoms with Crippen LogP contribution in [0.5, 0.6) is 0 Å². The summed E-state index contributed by atoms with van der Waals surface area (Å²) in [5.74, 6) is -2.89. The van der Waals surface area contributed by atoms with Crippen molar-refractivity contribution in [2.24, 2.45) is 0 Å². The fourth-order valence-corrected chi connectivity index (χ4v) is 5.00. The van der Waals surface area contributed by atoms with E-state index in [1.54, 1.807) is 0 Å². The second-order valence-corrected chi connectivity index (χ2v) is 10.2. The van der Waals surface area contributed by atoms with Crippen LogP contribution >= 0.6 is 0 Å². The summed E-state index contributed by atoms with van der Waals surface area (Å²) < 4.78 is 79.6. The molecule has 1 saturated heterocycles. The third-order valence-corrected chi connectivity index (χ3v) is 7.19. The Hall–Kier alpha value is -2.28. The first-order valence-corrected chi connectivity index (χ1v) is 12.2. The Kier molecular flexibility index (Phi) is 6.14. The summed E-state index contributed by atoms with van der Waals surface area (Å²) in [6.45, 7) is 0.708. The van der Waals surface area contributed by atoms with Crippen molar-refractivity contribution in [3.63, 3.8) is 0 Å². The summed E-state index contributed by atoms with van der Waals surface area (Å²) in [4.78, 5) is 12.4. The second-order valence-electron chi connectivity index (χ2n) is 8.26. The molecule has 176 valence electrons. The van der Waals surface area contributed by atoms with Gasteiger partial charge >= 0.3 is 0 Å². The van der Waals surface area contributed by atoms with E-state index in [2.05, 4.69) is 25.6 Å². The van der Waals surface area contributed by atoms with Crippen LogP contribution in [-0.2, 0) is 10.0 Å². The molecule has 0 amide bonds. The van der Waals surface area contributed by atoms with E-state index in [1.165, 1.54) is 10.5 Å². The van der Waals surface area contributed by atoms with Crippen LogP contribution < -0.4 is 10.6 Å². The van der Waals surface area contributed by atoms with Gasteiger partial charge in [0.25, 0.3) is 12.3 Å². The predicted molar refractivity (Wildman–Crippen MR) is 112 cm³/mol. The average Bonchev–Trinajstić information content (AvgIpc) is 3.05. The number of aromatic nitrogens is 3. The monoisotopic (exact) mass is 476 g/mol. The highest BCUT2D eigenvalue weighted by Crippen LogP contribution is 2.38. The molecule has 1 aliphatic carbocycles. The normalized spacial score (nSPS) is 22.5. The molecule has 3 heterocycles. The number of anilines is 2. The molecule has 1 atom stereocenters. The van der Waals surface area contributed by atoms with Crippen molar-refractivity contribution in [1.82, 2.24) is 19.3 Å². The van der Waals surface area contributed by atoms with Crippen LogP contribution in [0, 0.1) is 0 Å². The molecule has 2 aromatic heterocycles. The van der Waals surface area contributed by atoms with E-state index in [1.807, 2.05) is 0 Å². The van der Waals surface area contributed by atoms with Gasteiger partial charge in [-0.25, -0.2) is 45.2 Å². The van der Waals surface area contributed by atoms with Gasteiger partial charge in [0.05, 0.1) is 12.3 Å². The molecule has 2 aromatic rings. The Balaban J connectivity index is 1.59. The largest absolute Gasteiger partial charge is 0.359 e. The van der Waals surface area contributed by atoms with Gasteiger partial charge in [-0.05, 0) is 31.7 Å². The van der Waals surface area contributed by atoms with Crippen molar-refractivity contribution < 1.29 is 26.0 Å². The lowest BCUT2D eigenvalue weighted by Gasteiger charge is -2.30. The summed E-state index contributed by atoms with van der Waals surface area (Å²) >= 11 is 0. The molecular weight excluding hydrogens is 452 g/mol. The van der Waals surface area contributed by atoms with Crippen LogP contribution in [-0.4, -0.2) is 65.0 Å². The average molecular weight is 477 g/mol. The Morgan fingerprint density at radius 1 is 1.16 bits per heavy atom. The number of rotatable bonds is 6. The minimum absolute atomic E-state index is 0.0886. The molecule has 2 fully saturated rings. The van der Waals surface area contributed by atoms with Crippen LogP contribution in [0.3, 0.4) is 0 Å². The number of alkyl halides is 4. The number of piperidine rings is 1. The Morgan fingerprint density at radius 2 is 1.88 bits per heavy atom. The number of nitrogens with one attached hydrogen (secondary N) is 2. The first-order chi connectivity index (χ1) is 15.0. The summed E-state index contributed by atoms with van der Waals surface area (Å²) in [6.07, 6.45) is 0.965. The summed E-state index contributed by atoms with van der Waals surface area (Å²) in [5, 5.41) is 6.02. The Morgan fingerprint density at radius 3 is 2.47 bits per heavy atom. The van der Waals surface area contributed by atoms with Crippen molar-refractivity contribution >= 4 is 32.7 Å². The Bertz CT molecular complexity index is 1090. The van der Waals surface area contributed by atoms with Gasteiger partial charge in [0.2, 0.25) is 16.0 Å². The van der Waals surface area contributed by atoms with Crippen molar-refractivity contribution in [3.05, 3.63) is 18.0 Å². The quantitative estimate of drug-likeness (QED) is 0.617. The lowest BCUT2D eigenvalue weighted by molar-refractivity contribution is -0.000663. The van der Waals surface area contributed by atoms with E-state index in [-0.39, 0.29) is 41.6 Å². The number of pyridine rings is 1. The molecule has 1 saturated carbocycles. The van der Waals surface area contributed by atoms with Gasteiger partial charge in [0.15, 0.2) is 5.82 Å². The van der Waals surface area contributed by atoms with Crippen molar-refractivity contribution in [3.8, 4) is 0 Å². The van der Waals surface area contributed by atoms with Gasteiger partial charge in [0, 0.05) is 37.1 Å². The van der Waals surface area contributed by atoms with Gasteiger partial charge in [-0.3, -0.25) is 0 Å². The number of nitrogens with zero attached hydrogens (tertiary/aromatic N) is 4. The van der Waals surface area contributed by atoms with Gasteiger partial charge in [0.1, 0.15) is 11.2 Å². The molecule has 2 aliphatic rings. The third kappa shape index (κ3) is 4.87. The topological polar surface area (TPSA) is 100 Å². The van der Waals surface area contributed by atoms with E-state index in [9.17, 15) is 26.0 Å². The highest BCUT2D eigenvalue weighted by Gasteiger charge is 2.44. The zero-order chi connectivity index (χ0) is 23.1. The number of hydrogen-bond acceptors (Lipinski definition) is 7. The van der Waals surface area contributed by atoms with Crippen LogP contribution in [0.2, 0.25) is 0 Å². The number of sulfonamides is 1. The van der Waals surface area contributed by atoms with Crippen molar-refractivity contribution in [2.45, 2.75) is 56.5 Å². The highest BCUT2D eigenvalue weighted by atomic mass is 32.2. The number of halogens is 4. The molecule has 2 N–H and O–H groups in total. The maximum Gasteiger partial charge on any atom is 0.280 e. The first-order valence-electron chi connectivity index (χ1n) is 10.3. The van der Waals surface area contributed by atoms with Crippen LogP contribution in [0.15, 0.2) is 12.3 Å². The fourth-order valence-electron chi connectivity index (χ4n) is 4.13. The molecule has 8 nitrogen and oxygen atoms in total. The van der Waals surface area contributed by atoms with E-state index in [0.717, 1.165) is 12.3 Å². The minimum Gasteiger partial charge on any atom is -0.359 e. The number of hydrogen-bond donors (Lipinski definition) is 2. The van der Waals surface area contributed by atoms with Crippen LogP contribution in [0.4, 0.5) is 29.3 Å². The van der Waals surface area contributed by atoms with Crippen LogP contribution in [0.1, 0.15) is 44.2 Å². The maximum atomic E-state index is 14.1. The van der Waals surface area contributed by atoms with E-state index in [4.69, 9.17) is 0 Å². The molecule has 1 unspecified atom stereocenters. The third-order valence-electron chi connectivity index (χ3n) is 5.89. The summed E-state index contributed by atoms with van der Waals surface area (Å²) in [6, 6.07) is -0.154. The molecule has 0 spiro atoms. The minimum atomic E-state index is -3.25. The summed E-state index contributed by atoms with van der Waals surface area (Å²) in [7, 11) is -3.25. The van der Waals surface area contributed by atoms with E-state index >= 15 is 0 Å². The number of fused-ring (bicyclic) bond motifs is 1. The lowest BCUT2D eigenvalue weighted by Crippen LogP contribution is -2.42. The predicted octanol–water partition coefficient (Wildman–Crippen LogP) is 3.40. The van der Waals surface area contributed by atoms with Gasteiger partial charge < -0.3 is 10.6 Å². The molecule has 0 radical (unpaired) electrons. The first kappa shape index (κ1) is 22.9. The SMILES string of the molecule is CS(=O)(=O)N1CCC(Nc2ncc3cc(C(F)F)nc(NC4CCCC4(F)F)c3n2)CC1. The molecule has 32 heavy (non-hydrogen) atoms. The molecule has 1 aliphatic heterocycles. The van der Waals surface area contributed by atoms with Gasteiger partial charge in [-0.15, -0.1) is 0 Å². The highest BCUT2D eigenvalue weighted by molar-refractivity contribution is 7.88. The smallest absolute Gasteiger partial charge is 0.280 e. The zero-order valence-electron chi connectivity index (χ0n) is 17.4. The maximum absolute atomic E-state index is 14.1. The molecule has 0 aromatic carbocycles. The van der Waals surface area contributed by atoms with Gasteiger partial charge in [-0.1, -0.05) is 0 Å². The van der Waals surface area contributed by atoms with Crippen molar-refractivity contribution in [1.29, 1.82) is 0 Å².